The Balaban J connectivity index is 0.00000145. The molecule has 0 amide bonds. The summed E-state index contributed by atoms with van der Waals surface area (Å²) in [7, 11) is 8.95. The van der Waals surface area contributed by atoms with Gasteiger partial charge in [-0.1, -0.05) is 46.8 Å². The number of anilines is 2. The number of thiophene rings is 1. The van der Waals surface area contributed by atoms with Crippen LogP contribution in [0.2, 0.25) is 0 Å². The highest BCUT2D eigenvalue weighted by molar-refractivity contribution is 7.19. The van der Waals surface area contributed by atoms with Crippen LogP contribution in [0.25, 0.3) is 10.2 Å². The molecule has 2 heterocycles. The summed E-state index contributed by atoms with van der Waals surface area (Å²) in [5.74, 6) is 1.72. The van der Waals surface area contributed by atoms with E-state index in [1.165, 1.54) is 28.1 Å². The molecule has 3 aromatic rings. The third kappa shape index (κ3) is 10.9. The van der Waals surface area contributed by atoms with Crippen molar-refractivity contribution in [1.82, 2.24) is 15.1 Å². The molecule has 1 atom stereocenters. The Bertz CT molecular complexity index is 1230. The SMILES string of the molecule is C.C=C(Cc1sc2nn(C)c(Nc3ccc(F)cc3OC3CCC(OC)CC3)c2c1C)CC(CC)CNC.CC.COC. The lowest BCUT2D eigenvalue weighted by atomic mass is 9.95. The van der Waals surface area contributed by atoms with Gasteiger partial charge < -0.3 is 24.8 Å². The number of hydrogen-bond donors (Lipinski definition) is 2. The van der Waals surface area contributed by atoms with Crippen molar-refractivity contribution < 1.29 is 18.6 Å². The number of methoxy groups -OCH3 is 2. The lowest BCUT2D eigenvalue weighted by molar-refractivity contribution is 0.0329. The second kappa shape index (κ2) is 19.7. The van der Waals surface area contributed by atoms with Gasteiger partial charge in [-0.15, -0.1) is 11.3 Å². The molecule has 244 valence electrons. The largest absolute Gasteiger partial charge is 0.488 e. The molecule has 9 heteroatoms. The lowest BCUT2D eigenvalue weighted by Crippen LogP contribution is -2.27. The fraction of sp³-hybridized carbons (Fsp3) is 0.618. The van der Waals surface area contributed by atoms with E-state index in [0.717, 1.165) is 73.2 Å². The van der Waals surface area contributed by atoms with Gasteiger partial charge in [-0.2, -0.15) is 5.10 Å². The molecule has 1 fully saturated rings. The molecular formula is C34H57FN4O3S. The van der Waals surface area contributed by atoms with Crippen LogP contribution in [0.1, 0.15) is 77.2 Å². The number of aromatic nitrogens is 2. The minimum atomic E-state index is -0.308. The first-order valence-corrected chi connectivity index (χ1v) is 16.0. The molecule has 0 saturated heterocycles. The molecule has 1 unspecified atom stereocenters. The lowest BCUT2D eigenvalue weighted by Gasteiger charge is -2.28. The van der Waals surface area contributed by atoms with E-state index >= 15 is 0 Å². The van der Waals surface area contributed by atoms with Crippen LogP contribution in [0.3, 0.4) is 0 Å². The number of ether oxygens (including phenoxy) is 3. The highest BCUT2D eigenvalue weighted by atomic mass is 32.1. The van der Waals surface area contributed by atoms with Crippen molar-refractivity contribution in [2.45, 2.75) is 92.3 Å². The number of nitrogens with zero attached hydrogens (tertiary/aromatic N) is 2. The first-order chi connectivity index (χ1) is 20.2. The van der Waals surface area contributed by atoms with Gasteiger partial charge >= 0.3 is 0 Å². The van der Waals surface area contributed by atoms with Crippen LogP contribution < -0.4 is 15.4 Å². The van der Waals surface area contributed by atoms with Crippen molar-refractivity contribution in [2.24, 2.45) is 13.0 Å². The van der Waals surface area contributed by atoms with E-state index in [9.17, 15) is 4.39 Å². The standard InChI is InChI=1S/C29H41FN4O2S.C2H6O.C2H6.CH4/c1-7-20(17-31-4)14-18(2)15-26-19(3)27-28(34(5)33-29(27)37-26)32-24-13-8-21(30)16-25(24)36-23-11-9-22(35-6)10-12-23;1-3-2;1-2;/h8,13,16,20,22-23,31-32H,2,7,9-12,14-15,17H2,1,3-6H3;1-2H3;1-2H3;1H4. The van der Waals surface area contributed by atoms with Gasteiger partial charge in [0.1, 0.15) is 22.2 Å². The number of halogens is 1. The fourth-order valence-electron chi connectivity index (χ4n) is 5.30. The minimum Gasteiger partial charge on any atom is -0.488 e. The molecule has 43 heavy (non-hydrogen) atoms. The molecule has 2 aromatic heterocycles. The fourth-order valence-corrected chi connectivity index (χ4v) is 6.58. The van der Waals surface area contributed by atoms with E-state index in [2.05, 4.69) is 35.8 Å². The Morgan fingerprint density at radius 1 is 1.16 bits per heavy atom. The molecule has 1 aliphatic carbocycles. The third-order valence-corrected chi connectivity index (χ3v) is 8.71. The van der Waals surface area contributed by atoms with Crippen LogP contribution in [0.5, 0.6) is 5.75 Å². The van der Waals surface area contributed by atoms with Crippen LogP contribution >= 0.6 is 11.3 Å². The molecule has 7 nitrogen and oxygen atoms in total. The van der Waals surface area contributed by atoms with Gasteiger partial charge in [0, 0.05) is 45.7 Å². The van der Waals surface area contributed by atoms with Gasteiger partial charge in [0.15, 0.2) is 0 Å². The Morgan fingerprint density at radius 2 is 1.79 bits per heavy atom. The van der Waals surface area contributed by atoms with Crippen LogP contribution in [0.4, 0.5) is 15.9 Å². The monoisotopic (exact) mass is 620 g/mol. The first kappa shape index (κ1) is 38.6. The number of fused-ring (bicyclic) bond motifs is 1. The molecule has 0 bridgehead atoms. The smallest absolute Gasteiger partial charge is 0.148 e. The predicted octanol–water partition coefficient (Wildman–Crippen LogP) is 8.82. The van der Waals surface area contributed by atoms with Crippen LogP contribution in [0.15, 0.2) is 30.4 Å². The summed E-state index contributed by atoms with van der Waals surface area (Å²) < 4.78 is 32.1. The van der Waals surface area contributed by atoms with Crippen LogP contribution in [-0.4, -0.2) is 56.9 Å². The summed E-state index contributed by atoms with van der Waals surface area (Å²) in [6, 6.07) is 4.70. The van der Waals surface area contributed by atoms with Gasteiger partial charge in [-0.3, -0.25) is 4.68 Å². The second-order valence-electron chi connectivity index (χ2n) is 10.7. The molecule has 2 N–H and O–H groups in total. The maximum absolute atomic E-state index is 14.2. The average Bonchev–Trinajstić information content (AvgIpc) is 3.45. The van der Waals surface area contributed by atoms with E-state index in [-0.39, 0.29) is 25.5 Å². The molecule has 4 rings (SSSR count). The average molecular weight is 621 g/mol. The number of benzene rings is 1. The third-order valence-electron chi connectivity index (χ3n) is 7.53. The Morgan fingerprint density at radius 3 is 2.37 bits per heavy atom. The van der Waals surface area contributed by atoms with E-state index in [4.69, 9.17) is 14.6 Å². The molecular weight excluding hydrogens is 563 g/mol. The Hall–Kier alpha value is -2.46. The number of aryl methyl sites for hydroxylation is 2. The van der Waals surface area contributed by atoms with Gasteiger partial charge in [0.05, 0.1) is 23.3 Å². The van der Waals surface area contributed by atoms with Crippen molar-refractivity contribution in [3.05, 3.63) is 46.6 Å². The highest BCUT2D eigenvalue weighted by Crippen LogP contribution is 2.40. The quantitative estimate of drug-likeness (QED) is 0.197. The zero-order valence-electron chi connectivity index (χ0n) is 27.2. The minimum absolute atomic E-state index is 0. The maximum atomic E-state index is 14.2. The summed E-state index contributed by atoms with van der Waals surface area (Å²) in [6.45, 7) is 13.8. The zero-order valence-corrected chi connectivity index (χ0v) is 28.0. The molecule has 1 saturated carbocycles. The van der Waals surface area contributed by atoms with Crippen LogP contribution in [-0.2, 0) is 22.9 Å². The number of nitrogens with one attached hydrogen (secondary N) is 2. The van der Waals surface area contributed by atoms with Crippen molar-refractivity contribution in [1.29, 1.82) is 0 Å². The summed E-state index contributed by atoms with van der Waals surface area (Å²) in [5, 5.41) is 12.7. The predicted molar refractivity (Wildman–Crippen MR) is 183 cm³/mol. The summed E-state index contributed by atoms with van der Waals surface area (Å²) in [5.41, 5.74) is 3.22. The van der Waals surface area contributed by atoms with Crippen molar-refractivity contribution in [2.75, 3.05) is 40.2 Å². The normalized spacial score (nSPS) is 16.7. The number of allylic oxidation sites excluding steroid dienone is 1. The van der Waals surface area contributed by atoms with E-state index < -0.39 is 0 Å². The molecule has 1 aromatic carbocycles. The first-order valence-electron chi connectivity index (χ1n) is 15.2. The van der Waals surface area contributed by atoms with Gasteiger partial charge in [-0.25, -0.2) is 4.39 Å². The van der Waals surface area contributed by atoms with Gasteiger partial charge in [0.2, 0.25) is 0 Å². The van der Waals surface area contributed by atoms with Crippen molar-refractivity contribution in [3.8, 4) is 5.75 Å². The number of hydrogen-bond acceptors (Lipinski definition) is 7. The van der Waals surface area contributed by atoms with Crippen molar-refractivity contribution >= 4 is 33.1 Å². The summed E-state index contributed by atoms with van der Waals surface area (Å²) in [4.78, 5) is 2.30. The van der Waals surface area contributed by atoms with E-state index in [0.29, 0.717) is 11.7 Å². The maximum Gasteiger partial charge on any atom is 0.148 e. The van der Waals surface area contributed by atoms with E-state index in [1.54, 1.807) is 38.7 Å². The Labute approximate surface area is 264 Å². The summed E-state index contributed by atoms with van der Waals surface area (Å²) >= 11 is 1.73. The number of rotatable bonds is 12. The van der Waals surface area contributed by atoms with Crippen LogP contribution in [0, 0.1) is 18.7 Å². The zero-order chi connectivity index (χ0) is 31.2. The highest BCUT2D eigenvalue weighted by Gasteiger charge is 2.24. The second-order valence-corrected chi connectivity index (χ2v) is 11.8. The molecule has 0 aliphatic heterocycles. The Kier molecular flexibility index (Phi) is 17.7. The molecule has 0 spiro atoms. The molecule has 1 aliphatic rings. The topological polar surface area (TPSA) is 69.6 Å². The van der Waals surface area contributed by atoms with Gasteiger partial charge in [0.25, 0.3) is 0 Å². The van der Waals surface area contributed by atoms with Gasteiger partial charge in [-0.05, 0) is 76.2 Å². The molecule has 0 radical (unpaired) electrons. The van der Waals surface area contributed by atoms with Crippen molar-refractivity contribution in [3.63, 3.8) is 0 Å². The summed E-state index contributed by atoms with van der Waals surface area (Å²) in [6.07, 6.45) is 7.07. The van der Waals surface area contributed by atoms with E-state index in [1.807, 2.05) is 32.6 Å².